The van der Waals surface area contributed by atoms with E-state index in [1.54, 1.807) is 17.0 Å². The molecule has 1 atom stereocenters. The van der Waals surface area contributed by atoms with Gasteiger partial charge in [-0.3, -0.25) is 0 Å². The molecule has 1 saturated heterocycles. The first-order chi connectivity index (χ1) is 15.8. The predicted molar refractivity (Wildman–Crippen MR) is 125 cm³/mol. The minimum absolute atomic E-state index is 0.140. The molecule has 2 heterocycles. The van der Waals surface area contributed by atoms with Gasteiger partial charge in [0.1, 0.15) is 13.2 Å². The van der Waals surface area contributed by atoms with Crippen molar-refractivity contribution in [3.8, 4) is 11.5 Å². The lowest BCUT2D eigenvalue weighted by Gasteiger charge is -2.35. The van der Waals surface area contributed by atoms with Gasteiger partial charge in [-0.25, -0.2) is 13.2 Å². The van der Waals surface area contributed by atoms with Crippen LogP contribution in [-0.4, -0.2) is 63.0 Å². The number of nitrogens with one attached hydrogen (secondary N) is 1. The largest absolute Gasteiger partial charge is 0.486 e. The average molecular weight is 494 g/mol. The van der Waals surface area contributed by atoms with Crippen molar-refractivity contribution in [2.24, 2.45) is 5.92 Å². The Hall–Kier alpha value is -2.49. The number of fused-ring (bicyclic) bond motifs is 1. The molecule has 0 aliphatic carbocycles. The first kappa shape index (κ1) is 23.7. The van der Waals surface area contributed by atoms with E-state index in [0.717, 1.165) is 5.56 Å². The second-order valence-electron chi connectivity index (χ2n) is 8.42. The van der Waals surface area contributed by atoms with Gasteiger partial charge in [0, 0.05) is 31.2 Å². The number of piperazine rings is 1. The summed E-state index contributed by atoms with van der Waals surface area (Å²) in [7, 11) is -3.66. The van der Waals surface area contributed by atoms with Crippen LogP contribution in [0.3, 0.4) is 0 Å². The zero-order valence-electron chi connectivity index (χ0n) is 18.7. The van der Waals surface area contributed by atoms with Crippen LogP contribution in [0.25, 0.3) is 0 Å². The summed E-state index contributed by atoms with van der Waals surface area (Å²) in [5.41, 5.74) is 0.935. The van der Waals surface area contributed by atoms with E-state index in [4.69, 9.17) is 21.1 Å². The molecule has 4 rings (SSSR count). The maximum absolute atomic E-state index is 13.0. The van der Waals surface area contributed by atoms with E-state index in [1.165, 1.54) is 16.4 Å². The molecule has 33 heavy (non-hydrogen) atoms. The highest BCUT2D eigenvalue weighted by molar-refractivity contribution is 7.89. The summed E-state index contributed by atoms with van der Waals surface area (Å²) in [4.78, 5) is 14.8. The molecule has 1 N–H and O–H groups in total. The van der Waals surface area contributed by atoms with Gasteiger partial charge in [0.15, 0.2) is 11.5 Å². The average Bonchev–Trinajstić information content (AvgIpc) is 2.82. The number of amides is 2. The van der Waals surface area contributed by atoms with Crippen LogP contribution in [0.4, 0.5) is 4.79 Å². The van der Waals surface area contributed by atoms with Crippen molar-refractivity contribution in [1.29, 1.82) is 0 Å². The molecule has 0 radical (unpaired) electrons. The summed E-state index contributed by atoms with van der Waals surface area (Å²) in [5, 5.41) is 3.48. The Bertz CT molecular complexity index is 1120. The van der Waals surface area contributed by atoms with E-state index in [2.05, 4.69) is 5.32 Å². The third-order valence-electron chi connectivity index (χ3n) is 5.83. The van der Waals surface area contributed by atoms with Crippen molar-refractivity contribution >= 4 is 27.7 Å². The van der Waals surface area contributed by atoms with Gasteiger partial charge in [-0.2, -0.15) is 4.31 Å². The van der Waals surface area contributed by atoms with Gasteiger partial charge < -0.3 is 19.7 Å². The fourth-order valence-corrected chi connectivity index (χ4v) is 5.74. The van der Waals surface area contributed by atoms with Gasteiger partial charge in [-0.1, -0.05) is 37.6 Å². The molecular weight excluding hydrogens is 466 g/mol. The van der Waals surface area contributed by atoms with Crippen molar-refractivity contribution in [3.63, 3.8) is 0 Å². The van der Waals surface area contributed by atoms with E-state index < -0.39 is 10.0 Å². The first-order valence-corrected chi connectivity index (χ1v) is 12.8. The van der Waals surface area contributed by atoms with Gasteiger partial charge in [0.2, 0.25) is 10.0 Å². The Morgan fingerprint density at radius 1 is 1.00 bits per heavy atom. The Morgan fingerprint density at radius 3 is 2.36 bits per heavy atom. The fourth-order valence-electron chi connectivity index (χ4n) is 4.02. The lowest BCUT2D eigenvalue weighted by molar-refractivity contribution is 0.165. The van der Waals surface area contributed by atoms with Crippen molar-refractivity contribution in [2.45, 2.75) is 24.8 Å². The zero-order valence-corrected chi connectivity index (χ0v) is 20.2. The van der Waals surface area contributed by atoms with Crippen LogP contribution < -0.4 is 14.8 Å². The Balaban J connectivity index is 1.40. The molecule has 0 saturated carbocycles. The number of rotatable bonds is 5. The number of carbonyl (C=O) groups is 1. The maximum atomic E-state index is 13.0. The third-order valence-corrected chi connectivity index (χ3v) is 7.96. The first-order valence-electron chi connectivity index (χ1n) is 11.0. The highest BCUT2D eigenvalue weighted by atomic mass is 35.5. The van der Waals surface area contributed by atoms with Crippen molar-refractivity contribution in [1.82, 2.24) is 14.5 Å². The van der Waals surface area contributed by atoms with Crippen LogP contribution in [0.15, 0.2) is 47.4 Å². The quantitative estimate of drug-likeness (QED) is 0.688. The molecule has 8 nitrogen and oxygen atoms in total. The predicted octanol–water partition coefficient (Wildman–Crippen LogP) is 3.52. The van der Waals surface area contributed by atoms with Gasteiger partial charge in [-0.05, 0) is 41.8 Å². The standard InChI is InChI=1S/C23H28ClN3O5S/c1-16(2)22(17-6-7-20-21(14-17)32-13-12-31-20)25-23(28)26-8-10-27(11-9-26)33(29,30)19-5-3-4-18(24)15-19/h3-7,14-16,22H,8-13H2,1-2H3,(H,25,28)/t22-/m0/s1. The Kier molecular flexibility index (Phi) is 7.02. The van der Waals surface area contributed by atoms with Gasteiger partial charge in [0.25, 0.3) is 0 Å². The van der Waals surface area contributed by atoms with E-state index in [-0.39, 0.29) is 36.0 Å². The number of sulfonamides is 1. The monoisotopic (exact) mass is 493 g/mol. The molecule has 178 valence electrons. The number of benzene rings is 2. The number of nitrogens with zero attached hydrogens (tertiary/aromatic N) is 2. The van der Waals surface area contributed by atoms with Crippen molar-refractivity contribution < 1.29 is 22.7 Å². The van der Waals surface area contributed by atoms with E-state index in [9.17, 15) is 13.2 Å². The van der Waals surface area contributed by atoms with Crippen LogP contribution in [0, 0.1) is 5.92 Å². The molecule has 0 spiro atoms. The molecule has 0 unspecified atom stereocenters. The normalized spacial score (nSPS) is 17.6. The van der Waals surface area contributed by atoms with Crippen molar-refractivity contribution in [2.75, 3.05) is 39.4 Å². The van der Waals surface area contributed by atoms with E-state index in [1.807, 2.05) is 32.0 Å². The number of carbonyl (C=O) groups excluding carboxylic acids is 1. The molecule has 2 aromatic rings. The number of ether oxygens (including phenoxy) is 2. The summed E-state index contributed by atoms with van der Waals surface area (Å²) in [5.74, 6) is 1.52. The molecule has 2 aliphatic rings. The lowest BCUT2D eigenvalue weighted by Crippen LogP contribution is -2.53. The van der Waals surface area contributed by atoms with Crippen LogP contribution in [0.1, 0.15) is 25.5 Å². The molecular formula is C23H28ClN3O5S. The highest BCUT2D eigenvalue weighted by Crippen LogP contribution is 2.34. The van der Waals surface area contributed by atoms with Gasteiger partial charge in [0.05, 0.1) is 10.9 Å². The summed E-state index contributed by atoms with van der Waals surface area (Å²) in [6.07, 6.45) is 0. The zero-order chi connectivity index (χ0) is 23.6. The van der Waals surface area contributed by atoms with Crippen LogP contribution >= 0.6 is 11.6 Å². The summed E-state index contributed by atoms with van der Waals surface area (Å²) in [6, 6.07) is 11.5. The van der Waals surface area contributed by atoms with E-state index >= 15 is 0 Å². The SMILES string of the molecule is CC(C)[C@H](NC(=O)N1CCN(S(=O)(=O)c2cccc(Cl)c2)CC1)c1ccc2c(c1)OCCO2. The molecule has 2 amide bonds. The second-order valence-corrected chi connectivity index (χ2v) is 10.8. The Labute approximate surface area is 199 Å². The van der Waals surface area contributed by atoms with Crippen LogP contribution in [-0.2, 0) is 10.0 Å². The second kappa shape index (κ2) is 9.79. The summed E-state index contributed by atoms with van der Waals surface area (Å²) >= 11 is 5.96. The number of hydrogen-bond donors (Lipinski definition) is 1. The maximum Gasteiger partial charge on any atom is 0.317 e. The summed E-state index contributed by atoms with van der Waals surface area (Å²) < 4.78 is 38.5. The van der Waals surface area contributed by atoms with Gasteiger partial charge >= 0.3 is 6.03 Å². The highest BCUT2D eigenvalue weighted by Gasteiger charge is 2.31. The minimum atomic E-state index is -3.66. The minimum Gasteiger partial charge on any atom is -0.486 e. The summed E-state index contributed by atoms with van der Waals surface area (Å²) in [6.45, 7) is 6.15. The van der Waals surface area contributed by atoms with Crippen LogP contribution in [0.2, 0.25) is 5.02 Å². The molecule has 0 aromatic heterocycles. The molecule has 2 aliphatic heterocycles. The topological polar surface area (TPSA) is 88.2 Å². The molecule has 0 bridgehead atoms. The van der Waals surface area contributed by atoms with Crippen molar-refractivity contribution in [3.05, 3.63) is 53.1 Å². The Morgan fingerprint density at radius 2 is 1.70 bits per heavy atom. The third kappa shape index (κ3) is 5.20. The van der Waals surface area contributed by atoms with Gasteiger partial charge in [-0.15, -0.1) is 0 Å². The molecule has 2 aromatic carbocycles. The number of halogens is 1. The van der Waals surface area contributed by atoms with Crippen LogP contribution in [0.5, 0.6) is 11.5 Å². The number of urea groups is 1. The molecule has 1 fully saturated rings. The molecule has 10 heteroatoms. The smallest absolute Gasteiger partial charge is 0.317 e. The number of hydrogen-bond acceptors (Lipinski definition) is 5. The fraction of sp³-hybridized carbons (Fsp3) is 0.435. The van der Waals surface area contributed by atoms with E-state index in [0.29, 0.717) is 42.8 Å². The lowest BCUT2D eigenvalue weighted by atomic mass is 9.95.